The summed E-state index contributed by atoms with van der Waals surface area (Å²) in [5.74, 6) is 0. The highest BCUT2D eigenvalue weighted by molar-refractivity contribution is 6.35. The van der Waals surface area contributed by atoms with E-state index in [-0.39, 0.29) is 0 Å². The second kappa shape index (κ2) is 8.81. The van der Waals surface area contributed by atoms with Crippen molar-refractivity contribution in [3.8, 4) is 27.9 Å². The van der Waals surface area contributed by atoms with E-state index in [1.165, 1.54) is 27.1 Å². The zero-order chi connectivity index (χ0) is 24.9. The van der Waals surface area contributed by atoms with Gasteiger partial charge in [0.25, 0.3) is 0 Å². The number of nitrogens with zero attached hydrogens (tertiary/aromatic N) is 1. The fourth-order valence-electron chi connectivity index (χ4n) is 5.48. The molecule has 3 heteroatoms. The standard InChI is InChI=1S/C34H21Cl2N/c35-26-17-25(18-27(36)21-26)31-19-24(22-9-3-1-4-10-22)20-32-33(31)30-16-15-23-11-7-8-14-29(23)34(30)37(32)28-12-5-2-6-13-28/h1-21H. The Morgan fingerprint density at radius 1 is 0.486 bits per heavy atom. The monoisotopic (exact) mass is 513 g/mol. The van der Waals surface area contributed by atoms with Crippen molar-refractivity contribution in [1.82, 2.24) is 4.57 Å². The Labute approximate surface area is 225 Å². The molecule has 0 saturated heterocycles. The zero-order valence-corrected chi connectivity index (χ0v) is 21.3. The molecule has 0 radical (unpaired) electrons. The van der Waals surface area contributed by atoms with Crippen LogP contribution >= 0.6 is 23.2 Å². The summed E-state index contributed by atoms with van der Waals surface area (Å²) < 4.78 is 2.40. The number of para-hydroxylation sites is 1. The Balaban J connectivity index is 1.73. The van der Waals surface area contributed by atoms with Crippen LogP contribution in [-0.2, 0) is 0 Å². The van der Waals surface area contributed by atoms with Crippen LogP contribution in [0.4, 0.5) is 0 Å². The first-order valence-corrected chi connectivity index (χ1v) is 13.0. The molecule has 0 fully saturated rings. The topological polar surface area (TPSA) is 4.93 Å². The number of hydrogen-bond donors (Lipinski definition) is 0. The van der Waals surface area contributed by atoms with Gasteiger partial charge in [-0.1, -0.05) is 108 Å². The van der Waals surface area contributed by atoms with Crippen LogP contribution in [0.5, 0.6) is 0 Å². The van der Waals surface area contributed by atoms with Gasteiger partial charge in [-0.15, -0.1) is 0 Å². The van der Waals surface area contributed by atoms with Gasteiger partial charge in [-0.05, 0) is 70.1 Å². The third kappa shape index (κ3) is 3.71. The average molecular weight is 514 g/mol. The van der Waals surface area contributed by atoms with E-state index in [0.29, 0.717) is 10.0 Å². The molecular formula is C34H21Cl2N. The summed E-state index contributed by atoms with van der Waals surface area (Å²) in [6.07, 6.45) is 0. The molecule has 1 heterocycles. The smallest absolute Gasteiger partial charge is 0.0619 e. The molecule has 6 aromatic carbocycles. The normalized spacial score (nSPS) is 11.5. The van der Waals surface area contributed by atoms with Crippen molar-refractivity contribution in [1.29, 1.82) is 0 Å². The van der Waals surface area contributed by atoms with E-state index in [4.69, 9.17) is 23.2 Å². The van der Waals surface area contributed by atoms with E-state index in [0.717, 1.165) is 33.5 Å². The number of aromatic nitrogens is 1. The van der Waals surface area contributed by atoms with Gasteiger partial charge in [0.05, 0.1) is 11.0 Å². The van der Waals surface area contributed by atoms with Crippen LogP contribution in [-0.4, -0.2) is 4.57 Å². The molecule has 0 N–H and O–H groups in total. The summed E-state index contributed by atoms with van der Waals surface area (Å²) in [6.45, 7) is 0. The van der Waals surface area contributed by atoms with Crippen molar-refractivity contribution in [3.05, 3.63) is 137 Å². The van der Waals surface area contributed by atoms with Gasteiger partial charge in [0.2, 0.25) is 0 Å². The summed E-state index contributed by atoms with van der Waals surface area (Å²) in [5.41, 5.74) is 7.87. The highest BCUT2D eigenvalue weighted by Crippen LogP contribution is 2.44. The minimum absolute atomic E-state index is 0.623. The number of hydrogen-bond acceptors (Lipinski definition) is 0. The Kier molecular flexibility index (Phi) is 5.28. The third-order valence-electron chi connectivity index (χ3n) is 7.05. The Hall–Kier alpha value is -4.04. The van der Waals surface area contributed by atoms with Gasteiger partial charge < -0.3 is 4.57 Å². The predicted octanol–water partition coefficient (Wildman–Crippen LogP) is 10.6. The summed E-state index contributed by atoms with van der Waals surface area (Å²) in [5, 5.41) is 6.06. The molecule has 0 atom stereocenters. The summed E-state index contributed by atoms with van der Waals surface area (Å²) in [7, 11) is 0. The quantitative estimate of drug-likeness (QED) is 0.221. The summed E-state index contributed by atoms with van der Waals surface area (Å²) >= 11 is 13.0. The first-order valence-electron chi connectivity index (χ1n) is 12.2. The molecule has 0 amide bonds. The predicted molar refractivity (Wildman–Crippen MR) is 159 cm³/mol. The Morgan fingerprint density at radius 3 is 1.92 bits per heavy atom. The number of rotatable bonds is 3. The van der Waals surface area contributed by atoms with Crippen LogP contribution in [0.25, 0.3) is 60.5 Å². The van der Waals surface area contributed by atoms with Gasteiger partial charge in [0.15, 0.2) is 0 Å². The molecule has 176 valence electrons. The summed E-state index contributed by atoms with van der Waals surface area (Å²) in [4.78, 5) is 0. The SMILES string of the molecule is Clc1cc(Cl)cc(-c2cc(-c3ccccc3)cc3c2c2ccc4ccccc4c2n3-c2ccccc2)c1. The lowest BCUT2D eigenvalue weighted by Crippen LogP contribution is -1.94. The molecular weight excluding hydrogens is 493 g/mol. The van der Waals surface area contributed by atoms with Gasteiger partial charge in [-0.2, -0.15) is 0 Å². The van der Waals surface area contributed by atoms with E-state index >= 15 is 0 Å². The van der Waals surface area contributed by atoms with Crippen molar-refractivity contribution in [2.75, 3.05) is 0 Å². The van der Waals surface area contributed by atoms with E-state index in [2.05, 4.69) is 108 Å². The molecule has 0 aliphatic rings. The van der Waals surface area contributed by atoms with Crippen LogP contribution < -0.4 is 0 Å². The van der Waals surface area contributed by atoms with E-state index in [9.17, 15) is 0 Å². The summed E-state index contributed by atoms with van der Waals surface area (Å²) in [6, 6.07) is 44.5. The maximum atomic E-state index is 6.52. The molecule has 0 aliphatic heterocycles. The molecule has 7 rings (SSSR count). The molecule has 1 aromatic heterocycles. The lowest BCUT2D eigenvalue weighted by atomic mass is 9.94. The fourth-order valence-corrected chi connectivity index (χ4v) is 6.01. The zero-order valence-electron chi connectivity index (χ0n) is 19.8. The molecule has 0 unspecified atom stereocenters. The van der Waals surface area contributed by atoms with Crippen molar-refractivity contribution in [2.24, 2.45) is 0 Å². The van der Waals surface area contributed by atoms with E-state index in [1.54, 1.807) is 6.07 Å². The minimum Gasteiger partial charge on any atom is -0.309 e. The molecule has 0 spiro atoms. The van der Waals surface area contributed by atoms with Gasteiger partial charge in [0, 0.05) is 31.9 Å². The second-order valence-electron chi connectivity index (χ2n) is 9.30. The Bertz CT molecular complexity index is 1920. The van der Waals surface area contributed by atoms with Crippen LogP contribution in [0.3, 0.4) is 0 Å². The lowest BCUT2D eigenvalue weighted by molar-refractivity contribution is 1.19. The van der Waals surface area contributed by atoms with Gasteiger partial charge >= 0.3 is 0 Å². The van der Waals surface area contributed by atoms with Gasteiger partial charge in [0.1, 0.15) is 0 Å². The van der Waals surface area contributed by atoms with Crippen molar-refractivity contribution in [2.45, 2.75) is 0 Å². The van der Waals surface area contributed by atoms with Crippen molar-refractivity contribution >= 4 is 55.8 Å². The molecule has 0 bridgehead atoms. The first-order chi connectivity index (χ1) is 18.2. The molecule has 0 saturated carbocycles. The lowest BCUT2D eigenvalue weighted by Gasteiger charge is -2.13. The molecule has 7 aromatic rings. The van der Waals surface area contributed by atoms with Crippen LogP contribution in [0.1, 0.15) is 0 Å². The molecule has 37 heavy (non-hydrogen) atoms. The van der Waals surface area contributed by atoms with Crippen LogP contribution in [0, 0.1) is 0 Å². The van der Waals surface area contributed by atoms with Crippen molar-refractivity contribution in [3.63, 3.8) is 0 Å². The number of halogens is 2. The van der Waals surface area contributed by atoms with Crippen LogP contribution in [0.2, 0.25) is 10.0 Å². The number of benzene rings is 6. The van der Waals surface area contributed by atoms with Gasteiger partial charge in [-0.3, -0.25) is 0 Å². The highest BCUT2D eigenvalue weighted by Gasteiger charge is 2.20. The van der Waals surface area contributed by atoms with Crippen LogP contribution in [0.15, 0.2) is 127 Å². The fraction of sp³-hybridized carbons (Fsp3) is 0. The third-order valence-corrected chi connectivity index (χ3v) is 7.48. The van der Waals surface area contributed by atoms with E-state index in [1.807, 2.05) is 18.2 Å². The first kappa shape index (κ1) is 22.2. The highest BCUT2D eigenvalue weighted by atomic mass is 35.5. The molecule has 0 aliphatic carbocycles. The maximum absolute atomic E-state index is 6.52. The average Bonchev–Trinajstić information content (AvgIpc) is 3.28. The second-order valence-corrected chi connectivity index (χ2v) is 10.2. The van der Waals surface area contributed by atoms with E-state index < -0.39 is 0 Å². The van der Waals surface area contributed by atoms with Crippen molar-refractivity contribution < 1.29 is 0 Å². The number of fused-ring (bicyclic) bond motifs is 5. The molecule has 1 nitrogen and oxygen atoms in total. The minimum atomic E-state index is 0.623. The maximum Gasteiger partial charge on any atom is 0.0619 e. The van der Waals surface area contributed by atoms with Gasteiger partial charge in [-0.25, -0.2) is 0 Å². The Morgan fingerprint density at radius 2 is 1.16 bits per heavy atom. The largest absolute Gasteiger partial charge is 0.309 e.